The Bertz CT molecular complexity index is 275. The maximum atomic E-state index is 9.12. The molecule has 0 spiro atoms. The maximum Gasteiger partial charge on any atom is 0.115 e. The van der Waals surface area contributed by atoms with Gasteiger partial charge in [0.2, 0.25) is 0 Å². The topological polar surface area (TPSA) is 32.3 Å². The lowest BCUT2D eigenvalue weighted by Gasteiger charge is -2.09. The van der Waals surface area contributed by atoms with Crippen LogP contribution in [-0.2, 0) is 6.42 Å². The van der Waals surface area contributed by atoms with Gasteiger partial charge in [0.05, 0.1) is 0 Å². The molecule has 1 saturated heterocycles. The molecular weight excluding hydrogens is 174 g/mol. The van der Waals surface area contributed by atoms with Crippen molar-refractivity contribution in [3.05, 3.63) is 29.8 Å². The van der Waals surface area contributed by atoms with Crippen LogP contribution in [0.5, 0.6) is 5.75 Å². The minimum Gasteiger partial charge on any atom is -0.508 e. The second-order valence-electron chi connectivity index (χ2n) is 4.00. The molecule has 76 valence electrons. The van der Waals surface area contributed by atoms with Crippen molar-refractivity contribution in [2.45, 2.75) is 31.7 Å². The minimum atomic E-state index is 0.354. The van der Waals surface area contributed by atoms with Gasteiger partial charge in [0.25, 0.3) is 0 Å². The monoisotopic (exact) mass is 191 g/mol. The predicted octanol–water partition coefficient (Wildman–Crippen LogP) is 2.08. The molecule has 1 heterocycles. The quantitative estimate of drug-likeness (QED) is 0.766. The van der Waals surface area contributed by atoms with Gasteiger partial charge in [0.15, 0.2) is 0 Å². The first-order valence-electron chi connectivity index (χ1n) is 5.36. The van der Waals surface area contributed by atoms with Crippen molar-refractivity contribution in [2.75, 3.05) is 6.54 Å². The van der Waals surface area contributed by atoms with E-state index in [1.807, 2.05) is 12.1 Å². The van der Waals surface area contributed by atoms with E-state index < -0.39 is 0 Å². The summed E-state index contributed by atoms with van der Waals surface area (Å²) in [5, 5.41) is 12.6. The highest BCUT2D eigenvalue weighted by molar-refractivity contribution is 5.25. The Morgan fingerprint density at radius 1 is 1.29 bits per heavy atom. The molecule has 0 aliphatic carbocycles. The van der Waals surface area contributed by atoms with Crippen LogP contribution in [0.25, 0.3) is 0 Å². The Labute approximate surface area is 85.0 Å². The van der Waals surface area contributed by atoms with Crippen LogP contribution < -0.4 is 5.32 Å². The third kappa shape index (κ3) is 2.48. The third-order valence-electron chi connectivity index (χ3n) is 2.88. The molecule has 1 aromatic carbocycles. The molecule has 2 nitrogen and oxygen atoms in total. The first-order chi connectivity index (χ1) is 6.84. The Morgan fingerprint density at radius 3 is 2.71 bits per heavy atom. The van der Waals surface area contributed by atoms with Gasteiger partial charge >= 0.3 is 0 Å². The van der Waals surface area contributed by atoms with Crippen LogP contribution in [0.4, 0.5) is 0 Å². The van der Waals surface area contributed by atoms with Crippen molar-refractivity contribution in [1.29, 1.82) is 0 Å². The molecule has 0 radical (unpaired) electrons. The van der Waals surface area contributed by atoms with Crippen molar-refractivity contribution in [1.82, 2.24) is 5.32 Å². The predicted molar refractivity (Wildman–Crippen MR) is 57.5 cm³/mol. The smallest absolute Gasteiger partial charge is 0.115 e. The summed E-state index contributed by atoms with van der Waals surface area (Å²) in [7, 11) is 0. The summed E-state index contributed by atoms with van der Waals surface area (Å²) < 4.78 is 0. The Kier molecular flexibility index (Phi) is 3.04. The lowest BCUT2D eigenvalue weighted by atomic mass is 10.0. The van der Waals surface area contributed by atoms with Crippen LogP contribution in [0.1, 0.15) is 24.8 Å². The maximum absolute atomic E-state index is 9.12. The number of nitrogens with one attached hydrogen (secondary N) is 1. The molecule has 0 bridgehead atoms. The van der Waals surface area contributed by atoms with E-state index in [2.05, 4.69) is 5.32 Å². The highest BCUT2D eigenvalue weighted by Crippen LogP contribution is 2.15. The van der Waals surface area contributed by atoms with Gasteiger partial charge in [-0.05, 0) is 49.9 Å². The van der Waals surface area contributed by atoms with Gasteiger partial charge in [-0.15, -0.1) is 0 Å². The van der Waals surface area contributed by atoms with E-state index in [1.54, 1.807) is 12.1 Å². The lowest BCUT2D eigenvalue weighted by Crippen LogP contribution is -2.21. The van der Waals surface area contributed by atoms with Crippen molar-refractivity contribution >= 4 is 0 Å². The third-order valence-corrected chi connectivity index (χ3v) is 2.88. The van der Waals surface area contributed by atoms with Crippen LogP contribution in [-0.4, -0.2) is 17.7 Å². The average molecular weight is 191 g/mol. The van der Waals surface area contributed by atoms with Crippen LogP contribution in [0.15, 0.2) is 24.3 Å². The summed E-state index contributed by atoms with van der Waals surface area (Å²) in [5.41, 5.74) is 1.32. The number of benzene rings is 1. The van der Waals surface area contributed by atoms with Gasteiger partial charge in [-0.2, -0.15) is 0 Å². The minimum absolute atomic E-state index is 0.354. The van der Waals surface area contributed by atoms with E-state index in [0.29, 0.717) is 11.8 Å². The summed E-state index contributed by atoms with van der Waals surface area (Å²) in [6.45, 7) is 1.18. The summed E-state index contributed by atoms with van der Waals surface area (Å²) >= 11 is 0. The molecule has 2 heteroatoms. The highest BCUT2D eigenvalue weighted by Gasteiger charge is 2.13. The summed E-state index contributed by atoms with van der Waals surface area (Å²) in [5.74, 6) is 0.354. The Hall–Kier alpha value is -1.02. The molecular formula is C12H17NO. The Morgan fingerprint density at radius 2 is 2.07 bits per heavy atom. The fourth-order valence-electron chi connectivity index (χ4n) is 2.01. The average Bonchev–Trinajstić information content (AvgIpc) is 2.70. The molecule has 0 aromatic heterocycles. The molecule has 1 aliphatic heterocycles. The molecule has 1 unspecified atom stereocenters. The highest BCUT2D eigenvalue weighted by atomic mass is 16.3. The van der Waals surface area contributed by atoms with Crippen molar-refractivity contribution in [3.8, 4) is 5.75 Å². The first kappa shape index (κ1) is 9.53. The number of aromatic hydroxyl groups is 1. The van der Waals surface area contributed by atoms with Crippen molar-refractivity contribution in [3.63, 3.8) is 0 Å². The lowest BCUT2D eigenvalue weighted by molar-refractivity contribution is 0.475. The van der Waals surface area contributed by atoms with Gasteiger partial charge in [-0.3, -0.25) is 0 Å². The normalized spacial score (nSPS) is 21.3. The summed E-state index contributed by atoms with van der Waals surface area (Å²) in [6.07, 6.45) is 4.96. The second kappa shape index (κ2) is 4.47. The summed E-state index contributed by atoms with van der Waals surface area (Å²) in [4.78, 5) is 0. The zero-order valence-electron chi connectivity index (χ0n) is 8.37. The van der Waals surface area contributed by atoms with Crippen LogP contribution in [0.3, 0.4) is 0 Å². The second-order valence-corrected chi connectivity index (χ2v) is 4.00. The number of phenols is 1. The molecule has 2 N–H and O–H groups in total. The van der Waals surface area contributed by atoms with Gasteiger partial charge in [-0.1, -0.05) is 12.1 Å². The van der Waals surface area contributed by atoms with E-state index in [9.17, 15) is 0 Å². The van der Waals surface area contributed by atoms with Crippen molar-refractivity contribution in [2.24, 2.45) is 0 Å². The zero-order chi connectivity index (χ0) is 9.80. The van der Waals surface area contributed by atoms with E-state index in [-0.39, 0.29) is 0 Å². The van der Waals surface area contributed by atoms with Gasteiger partial charge in [0.1, 0.15) is 5.75 Å². The fraction of sp³-hybridized carbons (Fsp3) is 0.500. The van der Waals surface area contributed by atoms with Crippen LogP contribution in [0.2, 0.25) is 0 Å². The number of hydrogen-bond acceptors (Lipinski definition) is 2. The standard InChI is InChI=1S/C12H17NO/c14-12-7-4-10(5-8-12)3-6-11-2-1-9-13-11/h4-5,7-8,11,13-14H,1-3,6,9H2. The van der Waals surface area contributed by atoms with E-state index >= 15 is 0 Å². The SMILES string of the molecule is Oc1ccc(CCC2CCCN2)cc1. The van der Waals surface area contributed by atoms with Crippen molar-refractivity contribution < 1.29 is 5.11 Å². The number of phenolic OH excluding ortho intramolecular Hbond substituents is 1. The van der Waals surface area contributed by atoms with Gasteiger partial charge in [-0.25, -0.2) is 0 Å². The van der Waals surface area contributed by atoms with Crippen LogP contribution >= 0.6 is 0 Å². The number of aryl methyl sites for hydroxylation is 1. The molecule has 0 saturated carbocycles. The number of hydrogen-bond donors (Lipinski definition) is 2. The molecule has 0 amide bonds. The summed E-state index contributed by atoms with van der Waals surface area (Å²) in [6, 6.07) is 8.24. The first-order valence-corrected chi connectivity index (χ1v) is 5.36. The largest absolute Gasteiger partial charge is 0.508 e. The van der Waals surface area contributed by atoms with Gasteiger partial charge in [0, 0.05) is 6.04 Å². The molecule has 1 atom stereocenters. The van der Waals surface area contributed by atoms with E-state index in [4.69, 9.17) is 5.11 Å². The molecule has 1 aromatic rings. The van der Waals surface area contributed by atoms with E-state index in [0.717, 1.165) is 6.42 Å². The van der Waals surface area contributed by atoms with E-state index in [1.165, 1.54) is 31.4 Å². The fourth-order valence-corrected chi connectivity index (χ4v) is 2.01. The molecule has 1 fully saturated rings. The van der Waals surface area contributed by atoms with Gasteiger partial charge < -0.3 is 10.4 Å². The molecule has 14 heavy (non-hydrogen) atoms. The molecule has 2 rings (SSSR count). The Balaban J connectivity index is 1.82. The zero-order valence-corrected chi connectivity index (χ0v) is 8.37. The molecule has 1 aliphatic rings. The van der Waals surface area contributed by atoms with Crippen LogP contribution in [0, 0.1) is 0 Å². The number of rotatable bonds is 3.